The molecule has 212 valence electrons. The van der Waals surface area contributed by atoms with Crippen LogP contribution >= 0.6 is 0 Å². The second-order valence-corrected chi connectivity index (χ2v) is 14.6. The number of piperazine rings is 1. The largest absolute Gasteiger partial charge is 0.378 e. The summed E-state index contributed by atoms with van der Waals surface area (Å²) in [5.41, 5.74) is 3.83. The van der Waals surface area contributed by atoms with Crippen LogP contribution in [0.3, 0.4) is 0 Å². The first-order valence-electron chi connectivity index (χ1n) is 14.2. The van der Waals surface area contributed by atoms with Crippen molar-refractivity contribution in [2.45, 2.75) is 25.4 Å². The Balaban J connectivity index is 1.16. The maximum atomic E-state index is 11.2. The number of morpholine rings is 1. The minimum absolute atomic E-state index is 0.0460. The van der Waals surface area contributed by atoms with Gasteiger partial charge in [0.25, 0.3) is 0 Å². The van der Waals surface area contributed by atoms with Crippen LogP contribution in [-0.4, -0.2) is 109 Å². The van der Waals surface area contributed by atoms with E-state index in [2.05, 4.69) is 49.5 Å². The minimum Gasteiger partial charge on any atom is -0.378 e. The molecule has 3 aliphatic rings. The maximum absolute atomic E-state index is 11.2. The molecule has 6 heterocycles. The highest BCUT2D eigenvalue weighted by Crippen LogP contribution is 2.32. The lowest BCUT2D eigenvalue weighted by Crippen LogP contribution is -2.51. The summed E-state index contributed by atoms with van der Waals surface area (Å²) in [4.78, 5) is 26.2. The first-order valence-corrected chi connectivity index (χ1v) is 17.1. The van der Waals surface area contributed by atoms with E-state index >= 15 is 0 Å². The standard InChI is InChI=1S/C28H36N8O2S2/c1-33-24(19-34-8-10-35(11-9-34)20-6-16-40(39-37)17-7-20)30-25-27(33)31-26(32-28(25)36-12-14-38-15-13-36)22-18-29-23-5-3-2-4-21(22)23/h2-5,18,20,29H,6-17,19H2,1H3. The van der Waals surface area contributed by atoms with Crippen molar-refractivity contribution < 1.29 is 8.95 Å². The summed E-state index contributed by atoms with van der Waals surface area (Å²) in [5.74, 6) is 4.82. The zero-order valence-electron chi connectivity index (χ0n) is 22.9. The van der Waals surface area contributed by atoms with Gasteiger partial charge in [-0.2, -0.15) is 0 Å². The smallest absolute Gasteiger partial charge is 0.166 e. The average Bonchev–Trinajstić information content (AvgIpc) is 3.58. The Morgan fingerprint density at radius 3 is 2.58 bits per heavy atom. The van der Waals surface area contributed by atoms with E-state index < -0.39 is 0 Å². The number of aryl methyl sites for hydroxylation is 1. The van der Waals surface area contributed by atoms with Crippen molar-refractivity contribution in [3.63, 3.8) is 0 Å². The van der Waals surface area contributed by atoms with Gasteiger partial charge >= 0.3 is 0 Å². The second kappa shape index (κ2) is 11.3. The maximum Gasteiger partial charge on any atom is 0.166 e. The second-order valence-electron chi connectivity index (χ2n) is 10.9. The van der Waals surface area contributed by atoms with Crippen LogP contribution in [0.15, 0.2) is 30.5 Å². The minimum atomic E-state index is 0.0460. The van der Waals surface area contributed by atoms with Gasteiger partial charge in [-0.25, -0.2) is 19.2 Å². The molecule has 0 amide bonds. The molecule has 4 aromatic rings. The summed E-state index contributed by atoms with van der Waals surface area (Å²) < 4.78 is 19.0. The van der Waals surface area contributed by atoms with Gasteiger partial charge in [0, 0.05) is 86.5 Å². The van der Waals surface area contributed by atoms with Crippen LogP contribution in [0.2, 0.25) is 0 Å². The van der Waals surface area contributed by atoms with E-state index in [-0.39, 0.29) is 9.45 Å². The molecule has 0 bridgehead atoms. The van der Waals surface area contributed by atoms with Crippen molar-refractivity contribution >= 4 is 47.6 Å². The summed E-state index contributed by atoms with van der Waals surface area (Å²) in [6, 6.07) is 8.94. The van der Waals surface area contributed by atoms with Gasteiger partial charge in [-0.1, -0.05) is 27.7 Å². The quantitative estimate of drug-likeness (QED) is 0.385. The highest BCUT2D eigenvalue weighted by molar-refractivity contribution is 8.31. The van der Waals surface area contributed by atoms with Crippen LogP contribution in [-0.2, 0) is 38.0 Å². The molecule has 0 unspecified atom stereocenters. The predicted octanol–water partition coefficient (Wildman–Crippen LogP) is 2.37. The van der Waals surface area contributed by atoms with Crippen molar-refractivity contribution in [1.82, 2.24) is 34.3 Å². The fraction of sp³-hybridized carbons (Fsp3) is 0.536. The molecule has 3 fully saturated rings. The molecule has 3 saturated heterocycles. The number of hydrogen-bond acceptors (Lipinski definition) is 8. The molecule has 1 aromatic carbocycles. The molecule has 12 heteroatoms. The highest BCUT2D eigenvalue weighted by atomic mass is 32.8. The third-order valence-electron chi connectivity index (χ3n) is 8.68. The van der Waals surface area contributed by atoms with E-state index in [1.165, 1.54) is 12.8 Å². The summed E-state index contributed by atoms with van der Waals surface area (Å²) in [6.07, 6.45) is 4.35. The van der Waals surface area contributed by atoms with Crippen LogP contribution in [0.5, 0.6) is 0 Å². The molecule has 3 aliphatic heterocycles. The normalized spacial score (nSPS) is 23.3. The predicted molar refractivity (Wildman–Crippen MR) is 162 cm³/mol. The van der Waals surface area contributed by atoms with Crippen molar-refractivity contribution in [2.75, 3.05) is 68.9 Å². The number of rotatable bonds is 5. The lowest BCUT2D eigenvalue weighted by Gasteiger charge is -2.40. The van der Waals surface area contributed by atoms with Gasteiger partial charge in [0.2, 0.25) is 0 Å². The number of aromatic amines is 1. The Morgan fingerprint density at radius 1 is 1.02 bits per heavy atom. The third kappa shape index (κ3) is 5.00. The van der Waals surface area contributed by atoms with Gasteiger partial charge in [-0.15, -0.1) is 0 Å². The molecule has 3 aromatic heterocycles. The van der Waals surface area contributed by atoms with Crippen LogP contribution in [0, 0.1) is 0 Å². The lowest BCUT2D eigenvalue weighted by molar-refractivity contribution is 0.0860. The van der Waals surface area contributed by atoms with E-state index in [4.69, 9.17) is 19.7 Å². The van der Waals surface area contributed by atoms with Crippen molar-refractivity contribution in [3.8, 4) is 11.4 Å². The SMILES string of the molecule is Cn1c(CN2CCN(C3CCS(=S=O)CC3)CC2)nc2c(N3CCOCC3)nc(-c3c[nH]c4ccccc34)nc21. The van der Waals surface area contributed by atoms with Crippen LogP contribution in [0.1, 0.15) is 18.7 Å². The summed E-state index contributed by atoms with van der Waals surface area (Å²) in [5, 5.41) is 1.12. The molecule has 40 heavy (non-hydrogen) atoms. The van der Waals surface area contributed by atoms with Gasteiger partial charge < -0.3 is 19.2 Å². The van der Waals surface area contributed by atoms with Gasteiger partial charge in [0.1, 0.15) is 16.1 Å². The number of H-pyrrole nitrogens is 1. The zero-order chi connectivity index (χ0) is 27.1. The van der Waals surface area contributed by atoms with Crippen molar-refractivity contribution in [3.05, 3.63) is 36.3 Å². The Morgan fingerprint density at radius 2 is 1.80 bits per heavy atom. The molecule has 0 aliphatic carbocycles. The Hall–Kier alpha value is -2.64. The van der Waals surface area contributed by atoms with Crippen molar-refractivity contribution in [1.29, 1.82) is 0 Å². The van der Waals surface area contributed by atoms with Crippen LogP contribution < -0.4 is 4.90 Å². The monoisotopic (exact) mass is 580 g/mol. The Kier molecular flexibility index (Phi) is 7.44. The van der Waals surface area contributed by atoms with Gasteiger partial charge in [-0.3, -0.25) is 9.80 Å². The van der Waals surface area contributed by atoms with Gasteiger partial charge in [0.05, 0.1) is 19.8 Å². The number of benzene rings is 1. The molecule has 0 atom stereocenters. The fourth-order valence-electron chi connectivity index (χ4n) is 6.31. The summed E-state index contributed by atoms with van der Waals surface area (Å²) >= 11 is 0. The first kappa shape index (κ1) is 26.3. The number of nitrogens with one attached hydrogen (secondary N) is 1. The molecular weight excluding hydrogens is 544 g/mol. The zero-order valence-corrected chi connectivity index (χ0v) is 24.6. The molecule has 0 radical (unpaired) electrons. The van der Waals surface area contributed by atoms with E-state index in [0.29, 0.717) is 19.3 Å². The van der Waals surface area contributed by atoms with Gasteiger partial charge in [-0.05, 0) is 18.9 Å². The van der Waals surface area contributed by atoms with Gasteiger partial charge in [0.15, 0.2) is 22.8 Å². The van der Waals surface area contributed by atoms with E-state index in [1.807, 2.05) is 12.3 Å². The van der Waals surface area contributed by atoms with E-state index in [1.54, 1.807) is 0 Å². The highest BCUT2D eigenvalue weighted by Gasteiger charge is 2.28. The molecule has 10 nitrogen and oxygen atoms in total. The Labute approximate surface area is 239 Å². The number of fused-ring (bicyclic) bond motifs is 2. The lowest BCUT2D eigenvalue weighted by atomic mass is 10.1. The number of imidazole rings is 1. The number of ether oxygens (including phenoxy) is 1. The molecule has 0 saturated carbocycles. The number of para-hydroxylation sites is 1. The number of hydrogen-bond donors (Lipinski definition) is 1. The number of anilines is 1. The Bertz CT molecular complexity index is 1570. The van der Waals surface area contributed by atoms with E-state index in [0.717, 1.165) is 113 Å². The average molecular weight is 581 g/mol. The molecular formula is C28H36N8O2S2. The van der Waals surface area contributed by atoms with Crippen LogP contribution in [0.4, 0.5) is 5.82 Å². The molecule has 0 spiro atoms. The van der Waals surface area contributed by atoms with Crippen LogP contribution in [0.25, 0.3) is 33.5 Å². The van der Waals surface area contributed by atoms with Crippen molar-refractivity contribution in [2.24, 2.45) is 7.05 Å². The fourth-order valence-corrected chi connectivity index (χ4v) is 8.70. The molecule has 7 rings (SSSR count). The molecule has 1 N–H and O–H groups in total. The topological polar surface area (TPSA) is 95.4 Å². The summed E-state index contributed by atoms with van der Waals surface area (Å²) in [7, 11) is 2.96. The summed E-state index contributed by atoms with van der Waals surface area (Å²) in [6.45, 7) is 7.99. The first-order chi connectivity index (χ1) is 19.7. The number of nitrogens with zero attached hydrogens (tertiary/aromatic N) is 7. The number of aromatic nitrogens is 5. The van der Waals surface area contributed by atoms with E-state index in [9.17, 15) is 4.21 Å². The third-order valence-corrected chi connectivity index (χ3v) is 11.8.